The number of amides is 1. The van der Waals surface area contributed by atoms with Crippen molar-refractivity contribution in [3.8, 4) is 11.8 Å². The van der Waals surface area contributed by atoms with Gasteiger partial charge >= 0.3 is 0 Å². The molecule has 2 N–H and O–H groups in total. The van der Waals surface area contributed by atoms with Crippen LogP contribution in [0.4, 0.5) is 0 Å². The number of hydrogen-bond acceptors (Lipinski definition) is 3. The third-order valence-electron chi connectivity index (χ3n) is 4.38. The summed E-state index contributed by atoms with van der Waals surface area (Å²) in [5.41, 5.74) is 0.695. The van der Waals surface area contributed by atoms with Crippen LogP contribution in [-0.2, 0) is 0 Å². The van der Waals surface area contributed by atoms with E-state index in [1.54, 1.807) is 0 Å². The van der Waals surface area contributed by atoms with Crippen molar-refractivity contribution < 1.29 is 9.90 Å². The number of nitrogens with one attached hydrogen (secondary N) is 1. The number of carbonyl (C=O) groups excluding carboxylic acids is 1. The normalized spacial score (nSPS) is 24.4. The van der Waals surface area contributed by atoms with Crippen LogP contribution in [0.1, 0.15) is 54.8 Å². The summed E-state index contributed by atoms with van der Waals surface area (Å²) in [4.78, 5) is 13.2. The highest BCUT2D eigenvalue weighted by Crippen LogP contribution is 2.34. The van der Waals surface area contributed by atoms with Gasteiger partial charge in [0.2, 0.25) is 0 Å². The lowest BCUT2D eigenvalue weighted by Gasteiger charge is -2.20. The number of carbonyl (C=O) groups is 1. The number of aliphatic hydroxyl groups is 1. The molecule has 0 spiro atoms. The summed E-state index contributed by atoms with van der Waals surface area (Å²) in [7, 11) is 0. The third kappa shape index (κ3) is 4.09. The predicted molar refractivity (Wildman–Crippen MR) is 86.3 cm³/mol. The second-order valence-electron chi connectivity index (χ2n) is 5.66. The molecule has 1 aliphatic carbocycles. The first kappa shape index (κ1) is 16.1. The van der Waals surface area contributed by atoms with Crippen LogP contribution in [0.5, 0.6) is 0 Å². The van der Waals surface area contributed by atoms with Gasteiger partial charge in [0.15, 0.2) is 0 Å². The highest BCUT2D eigenvalue weighted by Gasteiger charge is 2.32. The van der Waals surface area contributed by atoms with Crippen molar-refractivity contribution in [2.24, 2.45) is 11.8 Å². The van der Waals surface area contributed by atoms with Crippen LogP contribution in [0.25, 0.3) is 0 Å². The summed E-state index contributed by atoms with van der Waals surface area (Å²) in [6.07, 6.45) is 3.96. The van der Waals surface area contributed by atoms with Gasteiger partial charge < -0.3 is 10.4 Å². The zero-order valence-corrected chi connectivity index (χ0v) is 13.5. The summed E-state index contributed by atoms with van der Waals surface area (Å²) in [5.74, 6) is 7.14. The molecule has 1 fully saturated rings. The minimum absolute atomic E-state index is 0.00932. The standard InChI is InChI=1S/C17H23NO2S/c1-3-13-7-8-16(12(13)2)18-17(20)14-10-15(21-11-14)6-4-5-9-19/h10-13,16,19H,3,5,7-9H2,1-2H3,(H,18,20). The smallest absolute Gasteiger partial charge is 0.252 e. The maximum absolute atomic E-state index is 12.3. The molecule has 3 atom stereocenters. The Morgan fingerprint density at radius 3 is 3.00 bits per heavy atom. The SMILES string of the molecule is CCC1CCC(NC(=O)c2csc(C#CCCO)c2)C1C. The van der Waals surface area contributed by atoms with Crippen LogP contribution >= 0.6 is 11.3 Å². The van der Waals surface area contributed by atoms with Crippen molar-refractivity contribution in [2.45, 2.75) is 45.6 Å². The third-order valence-corrected chi connectivity index (χ3v) is 5.22. The molecule has 0 saturated heterocycles. The van der Waals surface area contributed by atoms with Gasteiger partial charge in [-0.25, -0.2) is 0 Å². The highest BCUT2D eigenvalue weighted by molar-refractivity contribution is 7.10. The maximum Gasteiger partial charge on any atom is 0.252 e. The van der Waals surface area contributed by atoms with Crippen molar-refractivity contribution in [1.29, 1.82) is 0 Å². The van der Waals surface area contributed by atoms with Crippen molar-refractivity contribution in [3.63, 3.8) is 0 Å². The minimum atomic E-state index is 0.00932. The van der Waals surface area contributed by atoms with Gasteiger partial charge in [-0.15, -0.1) is 11.3 Å². The largest absolute Gasteiger partial charge is 0.395 e. The first-order chi connectivity index (χ1) is 10.2. The molecule has 1 aliphatic rings. The van der Waals surface area contributed by atoms with Crippen LogP contribution in [0, 0.1) is 23.7 Å². The summed E-state index contributed by atoms with van der Waals surface area (Å²) in [5, 5.41) is 13.7. The lowest BCUT2D eigenvalue weighted by atomic mass is 9.93. The molecule has 1 aromatic heterocycles. The number of rotatable bonds is 4. The van der Waals surface area contributed by atoms with Gasteiger partial charge in [-0.05, 0) is 30.7 Å². The molecule has 1 saturated carbocycles. The van der Waals surface area contributed by atoms with Gasteiger partial charge in [0.1, 0.15) is 0 Å². The van der Waals surface area contributed by atoms with E-state index >= 15 is 0 Å². The zero-order chi connectivity index (χ0) is 15.2. The van der Waals surface area contributed by atoms with Gasteiger partial charge in [-0.1, -0.05) is 32.1 Å². The van der Waals surface area contributed by atoms with E-state index in [1.165, 1.54) is 24.2 Å². The van der Waals surface area contributed by atoms with E-state index in [0.717, 1.165) is 17.2 Å². The Hall–Kier alpha value is -1.31. The van der Waals surface area contributed by atoms with Crippen molar-refractivity contribution in [2.75, 3.05) is 6.61 Å². The quantitative estimate of drug-likeness (QED) is 0.840. The van der Waals surface area contributed by atoms with Crippen LogP contribution < -0.4 is 5.32 Å². The van der Waals surface area contributed by atoms with Crippen molar-refractivity contribution in [1.82, 2.24) is 5.32 Å². The summed E-state index contributed by atoms with van der Waals surface area (Å²) in [6.45, 7) is 4.54. The molecule has 0 bridgehead atoms. The Morgan fingerprint density at radius 2 is 2.33 bits per heavy atom. The van der Waals surface area contributed by atoms with Crippen LogP contribution in [0.3, 0.4) is 0 Å². The number of hydrogen-bond donors (Lipinski definition) is 2. The van der Waals surface area contributed by atoms with E-state index in [2.05, 4.69) is 31.0 Å². The first-order valence-electron chi connectivity index (χ1n) is 7.64. The second kappa shape index (κ2) is 7.63. The van der Waals surface area contributed by atoms with Gasteiger partial charge in [0.05, 0.1) is 17.0 Å². The van der Waals surface area contributed by atoms with E-state index in [9.17, 15) is 4.79 Å². The average molecular weight is 305 g/mol. The van der Waals surface area contributed by atoms with E-state index in [4.69, 9.17) is 5.11 Å². The molecule has 0 radical (unpaired) electrons. The molecular weight excluding hydrogens is 282 g/mol. The Bertz CT molecular complexity index is 540. The molecule has 21 heavy (non-hydrogen) atoms. The fourth-order valence-electron chi connectivity index (χ4n) is 3.01. The lowest BCUT2D eigenvalue weighted by Crippen LogP contribution is -2.37. The fourth-order valence-corrected chi connectivity index (χ4v) is 3.76. The molecule has 1 heterocycles. The van der Waals surface area contributed by atoms with Crippen LogP contribution in [0.15, 0.2) is 11.4 Å². The van der Waals surface area contributed by atoms with Gasteiger partial charge in [0.25, 0.3) is 5.91 Å². The molecule has 114 valence electrons. The van der Waals surface area contributed by atoms with E-state index in [1.807, 2.05) is 11.4 Å². The lowest BCUT2D eigenvalue weighted by molar-refractivity contribution is 0.0927. The van der Waals surface area contributed by atoms with E-state index in [-0.39, 0.29) is 12.5 Å². The molecule has 3 nitrogen and oxygen atoms in total. The fraction of sp³-hybridized carbons (Fsp3) is 0.588. The maximum atomic E-state index is 12.3. The van der Waals surface area contributed by atoms with Gasteiger partial charge in [-0.3, -0.25) is 4.79 Å². The van der Waals surface area contributed by atoms with E-state index in [0.29, 0.717) is 23.9 Å². The van der Waals surface area contributed by atoms with Crippen LogP contribution in [0.2, 0.25) is 0 Å². The van der Waals surface area contributed by atoms with Gasteiger partial charge in [0, 0.05) is 17.8 Å². The molecule has 1 aromatic rings. The highest BCUT2D eigenvalue weighted by atomic mass is 32.1. The number of thiophene rings is 1. The first-order valence-corrected chi connectivity index (χ1v) is 8.52. The Labute approximate surface area is 130 Å². The minimum Gasteiger partial charge on any atom is -0.395 e. The van der Waals surface area contributed by atoms with E-state index < -0.39 is 0 Å². The molecule has 0 aliphatic heterocycles. The molecule has 3 unspecified atom stereocenters. The summed E-state index contributed by atoms with van der Waals surface area (Å²) < 4.78 is 0. The van der Waals surface area contributed by atoms with Crippen molar-refractivity contribution >= 4 is 17.2 Å². The second-order valence-corrected chi connectivity index (χ2v) is 6.57. The Kier molecular flexibility index (Phi) is 5.84. The molecule has 1 amide bonds. The number of aliphatic hydroxyl groups excluding tert-OH is 1. The monoisotopic (exact) mass is 305 g/mol. The topological polar surface area (TPSA) is 49.3 Å². The predicted octanol–water partition coefficient (Wildman–Crippen LogP) is 3.04. The summed E-state index contributed by atoms with van der Waals surface area (Å²) in [6, 6.07) is 2.13. The van der Waals surface area contributed by atoms with Gasteiger partial charge in [-0.2, -0.15) is 0 Å². The average Bonchev–Trinajstić information content (AvgIpc) is 3.07. The molecular formula is C17H23NO2S. The Morgan fingerprint density at radius 1 is 1.52 bits per heavy atom. The van der Waals surface area contributed by atoms with Crippen LogP contribution in [-0.4, -0.2) is 23.7 Å². The summed E-state index contributed by atoms with van der Waals surface area (Å²) >= 11 is 1.48. The zero-order valence-electron chi connectivity index (χ0n) is 12.7. The van der Waals surface area contributed by atoms with Crippen molar-refractivity contribution in [3.05, 3.63) is 21.9 Å². The molecule has 2 rings (SSSR count). The molecule has 0 aromatic carbocycles. The Balaban J connectivity index is 1.94. The molecule has 4 heteroatoms.